The van der Waals surface area contributed by atoms with E-state index in [9.17, 15) is 9.59 Å². The van der Waals surface area contributed by atoms with Crippen molar-refractivity contribution in [2.24, 2.45) is 0 Å². The van der Waals surface area contributed by atoms with Crippen molar-refractivity contribution >= 4 is 47.2 Å². The van der Waals surface area contributed by atoms with Crippen molar-refractivity contribution in [3.63, 3.8) is 0 Å². The van der Waals surface area contributed by atoms with Gasteiger partial charge in [0.25, 0.3) is 5.91 Å². The summed E-state index contributed by atoms with van der Waals surface area (Å²) in [6, 6.07) is 18.2. The van der Waals surface area contributed by atoms with E-state index < -0.39 is 0 Å². The van der Waals surface area contributed by atoms with Crippen LogP contribution in [-0.4, -0.2) is 16.8 Å². The third kappa shape index (κ3) is 5.11. The van der Waals surface area contributed by atoms with Crippen LogP contribution in [0.4, 0.5) is 22.7 Å². The second kappa shape index (κ2) is 9.05. The lowest BCUT2D eigenvalue weighted by Gasteiger charge is -2.10. The molecular formula is C21H20N4O2S. The highest BCUT2D eigenvalue weighted by molar-refractivity contribution is 7.80. The molecule has 1 heterocycles. The zero-order chi connectivity index (χ0) is 19.9. The molecule has 0 bridgehead atoms. The number of hydrogen-bond donors (Lipinski definition) is 4. The first kappa shape index (κ1) is 19.4. The monoisotopic (exact) mass is 392 g/mol. The second-order valence-electron chi connectivity index (χ2n) is 6.01. The fraction of sp³-hybridized carbons (Fsp3) is 0.0952. The molecule has 3 aromatic rings. The Morgan fingerprint density at radius 2 is 1.39 bits per heavy atom. The Labute approximate surface area is 168 Å². The zero-order valence-corrected chi connectivity index (χ0v) is 16.2. The summed E-state index contributed by atoms with van der Waals surface area (Å²) in [7, 11) is 0. The van der Waals surface area contributed by atoms with Gasteiger partial charge in [-0.1, -0.05) is 6.92 Å². The summed E-state index contributed by atoms with van der Waals surface area (Å²) in [5.74, 6) is -0.279. The van der Waals surface area contributed by atoms with Crippen molar-refractivity contribution in [3.05, 3.63) is 72.4 Å². The number of nitrogens with zero attached hydrogens (tertiary/aromatic N) is 1. The number of anilines is 4. The predicted molar refractivity (Wildman–Crippen MR) is 115 cm³/mol. The normalized spacial score (nSPS) is 10.2. The van der Waals surface area contributed by atoms with Gasteiger partial charge in [0.05, 0.1) is 5.56 Å². The van der Waals surface area contributed by atoms with Crippen LogP contribution in [0.2, 0.25) is 0 Å². The molecule has 0 spiro atoms. The van der Waals surface area contributed by atoms with Crippen molar-refractivity contribution in [2.45, 2.75) is 18.4 Å². The third-order valence-corrected chi connectivity index (χ3v) is 4.31. The zero-order valence-electron chi connectivity index (χ0n) is 15.3. The first-order valence-electron chi connectivity index (χ1n) is 8.77. The van der Waals surface area contributed by atoms with Gasteiger partial charge in [0.15, 0.2) is 0 Å². The van der Waals surface area contributed by atoms with E-state index in [1.807, 2.05) is 55.5 Å². The quantitative estimate of drug-likeness (QED) is 0.458. The van der Waals surface area contributed by atoms with Gasteiger partial charge in [-0.25, -0.2) is 4.98 Å². The average Bonchev–Trinajstić information content (AvgIpc) is 2.71. The van der Waals surface area contributed by atoms with Crippen LogP contribution in [0.3, 0.4) is 0 Å². The molecule has 0 saturated heterocycles. The summed E-state index contributed by atoms with van der Waals surface area (Å²) in [6.45, 7) is 1.81. The molecule has 6 nitrogen and oxygen atoms in total. The molecule has 0 unspecified atom stereocenters. The molecule has 1 aromatic heterocycles. The molecule has 0 aliphatic rings. The maximum atomic E-state index is 12.3. The van der Waals surface area contributed by atoms with Gasteiger partial charge in [-0.3, -0.25) is 9.59 Å². The van der Waals surface area contributed by atoms with Crippen LogP contribution < -0.4 is 16.0 Å². The number of carbonyl (C=O) groups excluding carboxylic acids is 2. The van der Waals surface area contributed by atoms with Crippen LogP contribution in [0.15, 0.2) is 71.9 Å². The van der Waals surface area contributed by atoms with Crippen molar-refractivity contribution in [1.82, 2.24) is 4.98 Å². The van der Waals surface area contributed by atoms with Crippen LogP contribution in [-0.2, 0) is 4.79 Å². The van der Waals surface area contributed by atoms with Gasteiger partial charge >= 0.3 is 0 Å². The van der Waals surface area contributed by atoms with Crippen molar-refractivity contribution in [3.8, 4) is 0 Å². The van der Waals surface area contributed by atoms with E-state index in [0.29, 0.717) is 22.7 Å². The van der Waals surface area contributed by atoms with Gasteiger partial charge in [0, 0.05) is 35.4 Å². The van der Waals surface area contributed by atoms with Crippen LogP contribution in [0.1, 0.15) is 23.7 Å². The Morgan fingerprint density at radius 1 is 0.857 bits per heavy atom. The number of hydrogen-bond acceptors (Lipinski definition) is 5. The van der Waals surface area contributed by atoms with Gasteiger partial charge in [-0.15, -0.1) is 12.6 Å². The van der Waals surface area contributed by atoms with E-state index in [1.165, 1.54) is 0 Å². The van der Waals surface area contributed by atoms with E-state index in [2.05, 4.69) is 33.6 Å². The average molecular weight is 392 g/mol. The molecule has 28 heavy (non-hydrogen) atoms. The Morgan fingerprint density at radius 3 is 1.93 bits per heavy atom. The number of nitrogens with one attached hydrogen (secondary N) is 3. The minimum absolute atomic E-state index is 0.0188. The van der Waals surface area contributed by atoms with E-state index in [4.69, 9.17) is 0 Å². The Hall–Kier alpha value is -3.32. The van der Waals surface area contributed by atoms with Crippen LogP contribution in [0.5, 0.6) is 0 Å². The first-order chi connectivity index (χ1) is 13.5. The molecule has 0 radical (unpaired) electrons. The Kier molecular flexibility index (Phi) is 6.29. The summed E-state index contributed by atoms with van der Waals surface area (Å²) in [6.07, 6.45) is 2.03. The van der Waals surface area contributed by atoms with Gasteiger partial charge in [0.1, 0.15) is 5.03 Å². The van der Waals surface area contributed by atoms with Crippen molar-refractivity contribution in [2.75, 3.05) is 16.0 Å². The molecule has 0 aliphatic heterocycles. The fourth-order valence-electron chi connectivity index (χ4n) is 2.46. The maximum absolute atomic E-state index is 12.3. The molecule has 3 rings (SSSR count). The summed E-state index contributed by atoms with van der Waals surface area (Å²) >= 11 is 4.20. The second-order valence-corrected chi connectivity index (χ2v) is 6.43. The Bertz CT molecular complexity index is 972. The minimum atomic E-state index is -0.261. The minimum Gasteiger partial charge on any atom is -0.356 e. The molecule has 0 fully saturated rings. The highest BCUT2D eigenvalue weighted by atomic mass is 32.1. The predicted octanol–water partition coefficient (Wildman–Crippen LogP) is 4.71. The molecule has 0 aliphatic carbocycles. The lowest BCUT2D eigenvalue weighted by molar-refractivity contribution is -0.115. The van der Waals surface area contributed by atoms with Gasteiger partial charge in [-0.05, 0) is 60.7 Å². The van der Waals surface area contributed by atoms with E-state index in [0.717, 1.165) is 17.1 Å². The highest BCUT2D eigenvalue weighted by Crippen LogP contribution is 2.21. The summed E-state index contributed by atoms with van der Waals surface area (Å²) in [5.41, 5.74) is 3.61. The topological polar surface area (TPSA) is 83.1 Å². The lowest BCUT2D eigenvalue weighted by Crippen LogP contribution is -2.13. The maximum Gasteiger partial charge on any atom is 0.258 e. The molecule has 142 valence electrons. The van der Waals surface area contributed by atoms with E-state index in [1.54, 1.807) is 18.3 Å². The molecule has 0 saturated carbocycles. The van der Waals surface area contributed by atoms with Crippen molar-refractivity contribution < 1.29 is 9.59 Å². The first-order valence-corrected chi connectivity index (χ1v) is 9.22. The number of pyridine rings is 1. The van der Waals surface area contributed by atoms with Crippen LogP contribution in [0.25, 0.3) is 0 Å². The molecule has 2 aromatic carbocycles. The lowest BCUT2D eigenvalue weighted by atomic mass is 10.2. The van der Waals surface area contributed by atoms with Gasteiger partial charge in [0.2, 0.25) is 5.91 Å². The van der Waals surface area contributed by atoms with E-state index in [-0.39, 0.29) is 11.8 Å². The fourth-order valence-corrected chi connectivity index (χ4v) is 2.71. The van der Waals surface area contributed by atoms with Crippen LogP contribution in [0, 0.1) is 0 Å². The third-order valence-electron chi connectivity index (χ3n) is 3.95. The number of rotatable bonds is 6. The number of aromatic nitrogens is 1. The largest absolute Gasteiger partial charge is 0.356 e. The number of benzene rings is 2. The Balaban J connectivity index is 1.61. The molecule has 0 atom stereocenters. The summed E-state index contributed by atoms with van der Waals surface area (Å²) < 4.78 is 0. The molecule has 3 N–H and O–H groups in total. The smallest absolute Gasteiger partial charge is 0.258 e. The number of thiol groups is 1. The molecular weight excluding hydrogens is 372 g/mol. The molecule has 7 heteroatoms. The highest BCUT2D eigenvalue weighted by Gasteiger charge is 2.10. The van der Waals surface area contributed by atoms with Gasteiger partial charge < -0.3 is 16.0 Å². The summed E-state index contributed by atoms with van der Waals surface area (Å²) in [5, 5.41) is 9.29. The summed E-state index contributed by atoms with van der Waals surface area (Å²) in [4.78, 5) is 27.7. The van der Waals surface area contributed by atoms with Crippen LogP contribution >= 0.6 is 12.6 Å². The van der Waals surface area contributed by atoms with Crippen molar-refractivity contribution in [1.29, 1.82) is 0 Å². The SMILES string of the molecule is CCC(=O)Nc1ccc(Nc2ccc(NC(=O)c3cccnc3S)cc2)cc1. The van der Waals surface area contributed by atoms with E-state index >= 15 is 0 Å². The van der Waals surface area contributed by atoms with Gasteiger partial charge in [-0.2, -0.15) is 0 Å². The standard InChI is InChI=1S/C21H20N4O2S/c1-2-19(26)24-16-9-5-14(6-10-16)23-15-7-11-17(12-8-15)25-20(27)18-4-3-13-22-21(18)28/h3-13,23H,2H2,1H3,(H,22,28)(H,24,26)(H,25,27). The number of amides is 2. The number of carbonyl (C=O) groups is 2. The molecule has 2 amide bonds.